The Balaban J connectivity index is 1.41. The normalized spacial score (nSPS) is 21.4. The maximum atomic E-state index is 12.9. The second-order valence-corrected chi connectivity index (χ2v) is 9.53. The number of urea groups is 1. The van der Waals surface area contributed by atoms with E-state index in [4.69, 9.17) is 9.52 Å². The average molecular weight is 401 g/mol. The third kappa shape index (κ3) is 2.76. The Bertz CT molecular complexity index is 1060. The number of nitrogens with zero attached hydrogens (tertiary/aromatic N) is 2. The molecule has 1 aromatic heterocycles. The van der Waals surface area contributed by atoms with Crippen LogP contribution in [0.5, 0.6) is 5.88 Å². The number of hydrogen-bond donors (Lipinski definition) is 3. The largest absolute Gasteiger partial charge is 0.472 e. The minimum atomic E-state index is -3.58. The molecule has 2 atom stereocenters. The molecule has 0 saturated heterocycles. The van der Waals surface area contributed by atoms with Crippen molar-refractivity contribution in [2.75, 3.05) is 5.32 Å². The molecule has 1 aliphatic heterocycles. The molecule has 148 valence electrons. The van der Waals surface area contributed by atoms with Crippen LogP contribution in [0.4, 0.5) is 10.5 Å². The molecule has 0 bridgehead atoms. The molecule has 5 rings (SSSR count). The van der Waals surface area contributed by atoms with Gasteiger partial charge in [0.2, 0.25) is 5.88 Å². The molecule has 2 amide bonds. The summed E-state index contributed by atoms with van der Waals surface area (Å²) in [6.45, 7) is 2.42. The zero-order valence-electron chi connectivity index (χ0n) is 15.7. The van der Waals surface area contributed by atoms with Gasteiger partial charge in [0.05, 0.1) is 12.7 Å². The van der Waals surface area contributed by atoms with Gasteiger partial charge >= 0.3 is 6.03 Å². The fraction of sp³-hybridized carbons (Fsp3) is 0.474. The molecule has 9 heteroatoms. The Hall–Kier alpha value is -2.55. The molecule has 2 aliphatic carbocycles. The van der Waals surface area contributed by atoms with Crippen LogP contribution in [-0.4, -0.2) is 26.1 Å². The van der Waals surface area contributed by atoms with Crippen molar-refractivity contribution >= 4 is 21.6 Å². The van der Waals surface area contributed by atoms with E-state index in [0.29, 0.717) is 12.4 Å². The first kappa shape index (κ1) is 17.5. The van der Waals surface area contributed by atoms with E-state index in [-0.39, 0.29) is 11.0 Å². The van der Waals surface area contributed by atoms with E-state index in [0.717, 1.165) is 44.2 Å². The molecule has 2 heterocycles. The maximum Gasteiger partial charge on any atom is 0.331 e. The predicted octanol–water partition coefficient (Wildman–Crippen LogP) is 2.78. The Morgan fingerprint density at radius 3 is 2.61 bits per heavy atom. The molecule has 2 aromatic rings. The van der Waals surface area contributed by atoms with E-state index in [1.54, 1.807) is 4.68 Å². The first-order valence-electron chi connectivity index (χ1n) is 9.69. The van der Waals surface area contributed by atoms with Gasteiger partial charge < -0.3 is 10.1 Å². The fourth-order valence-corrected chi connectivity index (χ4v) is 5.58. The van der Waals surface area contributed by atoms with Crippen LogP contribution in [0.15, 0.2) is 17.2 Å². The quantitative estimate of drug-likeness (QED) is 0.735. The van der Waals surface area contributed by atoms with Crippen LogP contribution in [0.2, 0.25) is 0 Å². The van der Waals surface area contributed by atoms with Crippen molar-refractivity contribution in [1.29, 1.82) is 4.78 Å². The van der Waals surface area contributed by atoms with Crippen molar-refractivity contribution in [3.63, 3.8) is 0 Å². The minimum Gasteiger partial charge on any atom is -0.472 e. The number of ether oxygens (including phenoxy) is 1. The number of nitrogens with one attached hydrogen (secondary N) is 3. The lowest BCUT2D eigenvalue weighted by atomic mass is 9.99. The van der Waals surface area contributed by atoms with Gasteiger partial charge in [-0.2, -0.15) is 5.10 Å². The maximum absolute atomic E-state index is 12.9. The van der Waals surface area contributed by atoms with Crippen LogP contribution >= 0.6 is 0 Å². The van der Waals surface area contributed by atoms with Gasteiger partial charge in [0.1, 0.15) is 11.0 Å². The molecule has 1 aromatic carbocycles. The highest BCUT2D eigenvalue weighted by Gasteiger charge is 2.30. The lowest BCUT2D eigenvalue weighted by molar-refractivity contribution is 0.248. The number of aromatic nitrogens is 2. The summed E-state index contributed by atoms with van der Waals surface area (Å²) in [6.07, 6.45) is 7.37. The van der Waals surface area contributed by atoms with E-state index in [1.165, 1.54) is 28.5 Å². The molecule has 3 aliphatic rings. The molecule has 0 saturated carbocycles. The molecule has 8 nitrogen and oxygen atoms in total. The van der Waals surface area contributed by atoms with Gasteiger partial charge in [-0.3, -0.25) is 0 Å². The number of rotatable bonds is 3. The average Bonchev–Trinajstić information content (AvgIpc) is 3.35. The molecular weight excluding hydrogens is 378 g/mol. The first-order chi connectivity index (χ1) is 13.4. The predicted molar refractivity (Wildman–Crippen MR) is 104 cm³/mol. The summed E-state index contributed by atoms with van der Waals surface area (Å²) in [6, 6.07) is 1.66. The third-order valence-corrected chi connectivity index (χ3v) is 7.13. The van der Waals surface area contributed by atoms with Crippen LogP contribution in [0.1, 0.15) is 42.0 Å². The molecule has 0 spiro atoms. The topological polar surface area (TPSA) is 109 Å². The highest BCUT2D eigenvalue weighted by Crippen LogP contribution is 2.38. The number of aryl methyl sites for hydroxylation is 2. The summed E-state index contributed by atoms with van der Waals surface area (Å²) in [5.41, 5.74) is 5.85. The molecular formula is C19H23N5O3S. The van der Waals surface area contributed by atoms with Crippen molar-refractivity contribution in [2.24, 2.45) is 0 Å². The monoisotopic (exact) mass is 401 g/mol. The zero-order chi connectivity index (χ0) is 19.5. The van der Waals surface area contributed by atoms with Crippen LogP contribution in [0, 0.1) is 4.78 Å². The zero-order valence-corrected chi connectivity index (χ0v) is 16.5. The van der Waals surface area contributed by atoms with E-state index >= 15 is 0 Å². The van der Waals surface area contributed by atoms with E-state index < -0.39 is 15.9 Å². The van der Waals surface area contributed by atoms with Crippen LogP contribution in [0.3, 0.4) is 0 Å². The van der Waals surface area contributed by atoms with Crippen molar-refractivity contribution in [2.45, 2.75) is 63.0 Å². The van der Waals surface area contributed by atoms with Crippen LogP contribution in [-0.2, 0) is 42.1 Å². The number of hydrogen-bond acceptors (Lipinski definition) is 5. The Morgan fingerprint density at radius 2 is 1.93 bits per heavy atom. The summed E-state index contributed by atoms with van der Waals surface area (Å²) in [7, 11) is -3.58. The van der Waals surface area contributed by atoms with Gasteiger partial charge in [0.25, 0.3) is 0 Å². The van der Waals surface area contributed by atoms with Gasteiger partial charge in [0.15, 0.2) is 9.92 Å². The Morgan fingerprint density at radius 1 is 1.25 bits per heavy atom. The van der Waals surface area contributed by atoms with Crippen molar-refractivity contribution in [3.8, 4) is 5.88 Å². The summed E-state index contributed by atoms with van der Waals surface area (Å²) < 4.78 is 30.7. The molecule has 0 radical (unpaired) electrons. The van der Waals surface area contributed by atoms with Gasteiger partial charge in [-0.15, -0.1) is 0 Å². The van der Waals surface area contributed by atoms with E-state index in [9.17, 15) is 9.00 Å². The van der Waals surface area contributed by atoms with Gasteiger partial charge in [-0.1, -0.05) is 6.07 Å². The SMILES string of the molecule is CC1Cn2ncc(S(=N)(=O)NC(=O)Nc3c4c(cc5c3CCC5)CCC4)c2O1. The lowest BCUT2D eigenvalue weighted by Gasteiger charge is -2.17. The van der Waals surface area contributed by atoms with Crippen molar-refractivity contribution in [3.05, 3.63) is 34.5 Å². The second-order valence-electron chi connectivity index (χ2n) is 7.77. The molecule has 2 unspecified atom stereocenters. The highest BCUT2D eigenvalue weighted by molar-refractivity contribution is 7.91. The van der Waals surface area contributed by atoms with Crippen LogP contribution < -0.4 is 14.8 Å². The Labute approximate surface area is 163 Å². The number of anilines is 1. The van der Waals surface area contributed by atoms with Gasteiger partial charge in [-0.05, 0) is 67.7 Å². The number of carbonyl (C=O) groups is 1. The summed E-state index contributed by atoms with van der Waals surface area (Å²) >= 11 is 0. The van der Waals surface area contributed by atoms with Crippen molar-refractivity contribution in [1.82, 2.24) is 14.5 Å². The number of fused-ring (bicyclic) bond motifs is 3. The van der Waals surface area contributed by atoms with E-state index in [2.05, 4.69) is 21.2 Å². The highest BCUT2D eigenvalue weighted by atomic mass is 32.2. The third-order valence-electron chi connectivity index (χ3n) is 5.76. The molecule has 28 heavy (non-hydrogen) atoms. The fourth-order valence-electron chi connectivity index (χ4n) is 4.57. The van der Waals surface area contributed by atoms with Gasteiger partial charge in [0, 0.05) is 5.69 Å². The number of benzene rings is 1. The van der Waals surface area contributed by atoms with Crippen molar-refractivity contribution < 1.29 is 13.7 Å². The molecule has 0 fully saturated rings. The molecule has 3 N–H and O–H groups in total. The summed E-state index contributed by atoms with van der Waals surface area (Å²) in [5.74, 6) is 0.300. The second kappa shape index (κ2) is 6.23. The van der Waals surface area contributed by atoms with Gasteiger partial charge in [-0.25, -0.2) is 23.2 Å². The minimum absolute atomic E-state index is 0.0963. The smallest absolute Gasteiger partial charge is 0.331 e. The van der Waals surface area contributed by atoms with Crippen LogP contribution in [0.25, 0.3) is 0 Å². The van der Waals surface area contributed by atoms with E-state index in [1.807, 2.05) is 6.92 Å². The Kier molecular flexibility index (Phi) is 3.90. The summed E-state index contributed by atoms with van der Waals surface area (Å²) in [5, 5.41) is 7.04. The summed E-state index contributed by atoms with van der Waals surface area (Å²) in [4.78, 5) is 12.8. The number of amides is 2. The number of carbonyl (C=O) groups excluding carboxylic acids is 1. The first-order valence-corrected chi connectivity index (χ1v) is 11.2. The lowest BCUT2D eigenvalue weighted by Crippen LogP contribution is -2.34. The standard InChI is InChI=1S/C19H23N5O3S/c1-11-10-24-18(27-11)16(9-21-24)28(20,26)23-19(25)22-17-14-6-2-4-12(14)8-13-5-3-7-15(13)17/h8-9,11H,2-7,10H2,1H3,(H3,20,22,23,25,26).